The molecular weight excluding hydrogens is 340 g/mol. The number of ether oxygens (including phenoxy) is 2. The van der Waals surface area contributed by atoms with E-state index < -0.39 is 0 Å². The summed E-state index contributed by atoms with van der Waals surface area (Å²) in [6.45, 7) is 7.31. The number of para-hydroxylation sites is 2. The van der Waals surface area contributed by atoms with E-state index in [0.717, 1.165) is 22.4 Å². The van der Waals surface area contributed by atoms with Crippen molar-refractivity contribution in [2.24, 2.45) is 0 Å². The van der Waals surface area contributed by atoms with Gasteiger partial charge >= 0.3 is 5.97 Å². The molecule has 0 unspecified atom stereocenters. The van der Waals surface area contributed by atoms with Gasteiger partial charge in [-0.15, -0.1) is 0 Å². The number of hydrogen-bond acceptors (Lipinski definition) is 4. The van der Waals surface area contributed by atoms with Crippen molar-refractivity contribution in [3.8, 4) is 11.4 Å². The van der Waals surface area contributed by atoms with Crippen LogP contribution in [0.1, 0.15) is 26.3 Å². The molecule has 27 heavy (non-hydrogen) atoms. The van der Waals surface area contributed by atoms with E-state index in [0.29, 0.717) is 6.61 Å². The van der Waals surface area contributed by atoms with Crippen LogP contribution >= 0.6 is 0 Å². The number of carbonyl (C=O) groups excluding carboxylic acids is 1. The summed E-state index contributed by atoms with van der Waals surface area (Å²) in [6, 6.07) is 16.2. The molecule has 0 atom stereocenters. The van der Waals surface area contributed by atoms with E-state index >= 15 is 0 Å². The minimum atomic E-state index is -0.303. The molecule has 0 fully saturated rings. The average Bonchev–Trinajstić information content (AvgIpc) is 3.00. The molecule has 0 amide bonds. The number of methoxy groups -OCH3 is 1. The Morgan fingerprint density at radius 3 is 2.41 bits per heavy atom. The van der Waals surface area contributed by atoms with Crippen LogP contribution in [0.4, 0.5) is 0 Å². The number of benzene rings is 2. The summed E-state index contributed by atoms with van der Waals surface area (Å²) in [6.07, 6.45) is 0. The predicted octanol–water partition coefficient (Wildman–Crippen LogP) is 4.19. The number of esters is 1. The van der Waals surface area contributed by atoms with Crippen LogP contribution < -0.4 is 0 Å². The molecule has 0 bridgehead atoms. The summed E-state index contributed by atoms with van der Waals surface area (Å²) < 4.78 is 12.1. The molecule has 2 aromatic carbocycles. The zero-order valence-electron chi connectivity index (χ0n) is 16.4. The molecule has 1 aromatic heterocycles. The van der Waals surface area contributed by atoms with E-state index in [1.807, 2.05) is 28.8 Å². The van der Waals surface area contributed by atoms with Crippen molar-refractivity contribution in [1.29, 1.82) is 0 Å². The highest BCUT2D eigenvalue weighted by Gasteiger charge is 2.17. The number of rotatable bonds is 6. The lowest BCUT2D eigenvalue weighted by Gasteiger charge is -2.19. The molecule has 1 heterocycles. The first-order valence-corrected chi connectivity index (χ1v) is 9.11. The molecule has 0 aliphatic carbocycles. The lowest BCUT2D eigenvalue weighted by atomic mass is 9.87. The summed E-state index contributed by atoms with van der Waals surface area (Å²) in [5, 5.41) is 0. The van der Waals surface area contributed by atoms with Crippen LogP contribution in [0, 0.1) is 0 Å². The molecule has 3 rings (SSSR count). The maximum atomic E-state index is 12.3. The first-order chi connectivity index (χ1) is 12.9. The highest BCUT2D eigenvalue weighted by atomic mass is 16.6. The van der Waals surface area contributed by atoms with E-state index in [1.54, 1.807) is 7.11 Å². The van der Waals surface area contributed by atoms with Crippen molar-refractivity contribution in [3.63, 3.8) is 0 Å². The minimum absolute atomic E-state index is 0.0871. The predicted molar refractivity (Wildman–Crippen MR) is 107 cm³/mol. The van der Waals surface area contributed by atoms with Gasteiger partial charge in [-0.3, -0.25) is 4.79 Å². The molecular formula is C22H26N2O3. The van der Waals surface area contributed by atoms with Gasteiger partial charge in [0.15, 0.2) is 0 Å². The number of hydrogen-bond donors (Lipinski definition) is 0. The van der Waals surface area contributed by atoms with Crippen LogP contribution in [-0.2, 0) is 26.2 Å². The number of aromatic nitrogens is 2. The average molecular weight is 366 g/mol. The number of imidazole rings is 1. The molecule has 0 aliphatic rings. The van der Waals surface area contributed by atoms with Gasteiger partial charge in [0.1, 0.15) is 19.0 Å². The number of fused-ring (bicyclic) bond motifs is 1. The monoisotopic (exact) mass is 366 g/mol. The quantitative estimate of drug-likeness (QED) is 0.485. The SMILES string of the molecule is COCCOC(=O)Cn1c(-c2ccc(C(C)(C)C)cc2)nc2ccccc21. The Hall–Kier alpha value is -2.66. The first kappa shape index (κ1) is 19.1. The van der Waals surface area contributed by atoms with E-state index in [9.17, 15) is 4.79 Å². The van der Waals surface area contributed by atoms with Gasteiger partial charge in [-0.2, -0.15) is 0 Å². The van der Waals surface area contributed by atoms with Crippen LogP contribution in [0.3, 0.4) is 0 Å². The van der Waals surface area contributed by atoms with Crippen molar-refractivity contribution >= 4 is 17.0 Å². The van der Waals surface area contributed by atoms with Gasteiger partial charge in [0.05, 0.1) is 17.6 Å². The molecule has 0 radical (unpaired) electrons. The van der Waals surface area contributed by atoms with Gasteiger partial charge in [-0.25, -0.2) is 4.98 Å². The molecule has 0 aliphatic heterocycles. The third-order valence-electron chi connectivity index (χ3n) is 4.50. The smallest absolute Gasteiger partial charge is 0.326 e. The second kappa shape index (κ2) is 7.92. The molecule has 5 nitrogen and oxygen atoms in total. The lowest BCUT2D eigenvalue weighted by molar-refractivity contribution is -0.145. The standard InChI is InChI=1S/C22H26N2O3/c1-22(2,3)17-11-9-16(10-12-17)21-23-18-7-5-6-8-19(18)24(21)15-20(25)27-14-13-26-4/h5-12H,13-15H2,1-4H3. The van der Waals surface area contributed by atoms with Gasteiger partial charge in [0.25, 0.3) is 0 Å². The maximum Gasteiger partial charge on any atom is 0.326 e. The fourth-order valence-electron chi connectivity index (χ4n) is 2.99. The fourth-order valence-corrected chi connectivity index (χ4v) is 2.99. The summed E-state index contributed by atoms with van der Waals surface area (Å²) in [4.78, 5) is 17.0. The Balaban J connectivity index is 1.96. The molecule has 0 spiro atoms. The molecule has 5 heteroatoms. The summed E-state index contributed by atoms with van der Waals surface area (Å²) in [7, 11) is 1.58. The van der Waals surface area contributed by atoms with Gasteiger partial charge in [0, 0.05) is 12.7 Å². The number of carbonyl (C=O) groups is 1. The van der Waals surface area contributed by atoms with Crippen LogP contribution in [0.25, 0.3) is 22.4 Å². The van der Waals surface area contributed by atoms with Crippen LogP contribution in [-0.4, -0.2) is 35.8 Å². The van der Waals surface area contributed by atoms with Crippen LogP contribution in [0.15, 0.2) is 48.5 Å². The second-order valence-electron chi connectivity index (χ2n) is 7.55. The normalized spacial score (nSPS) is 11.7. The van der Waals surface area contributed by atoms with Crippen LogP contribution in [0.5, 0.6) is 0 Å². The molecule has 0 saturated heterocycles. The first-order valence-electron chi connectivity index (χ1n) is 9.11. The second-order valence-corrected chi connectivity index (χ2v) is 7.55. The van der Waals surface area contributed by atoms with E-state index in [4.69, 9.17) is 14.5 Å². The highest BCUT2D eigenvalue weighted by molar-refractivity contribution is 5.83. The molecule has 3 aromatic rings. The van der Waals surface area contributed by atoms with Crippen LogP contribution in [0.2, 0.25) is 0 Å². The van der Waals surface area contributed by atoms with Gasteiger partial charge < -0.3 is 14.0 Å². The van der Waals surface area contributed by atoms with Crippen molar-refractivity contribution in [2.75, 3.05) is 20.3 Å². The molecule has 0 saturated carbocycles. The van der Waals surface area contributed by atoms with Crippen molar-refractivity contribution in [1.82, 2.24) is 9.55 Å². The Morgan fingerprint density at radius 1 is 1.04 bits per heavy atom. The van der Waals surface area contributed by atoms with Gasteiger partial charge in [-0.05, 0) is 23.1 Å². The Labute approximate surface area is 159 Å². The zero-order chi connectivity index (χ0) is 19.4. The van der Waals surface area contributed by atoms with Gasteiger partial charge in [0.2, 0.25) is 0 Å². The Morgan fingerprint density at radius 2 is 1.74 bits per heavy atom. The minimum Gasteiger partial charge on any atom is -0.462 e. The Kier molecular flexibility index (Phi) is 5.61. The summed E-state index contributed by atoms with van der Waals surface area (Å²) in [5.41, 5.74) is 4.09. The van der Waals surface area contributed by atoms with E-state index in [-0.39, 0.29) is 24.5 Å². The Bertz CT molecular complexity index is 921. The largest absolute Gasteiger partial charge is 0.462 e. The summed E-state index contributed by atoms with van der Waals surface area (Å²) >= 11 is 0. The lowest BCUT2D eigenvalue weighted by Crippen LogP contribution is -2.16. The molecule has 142 valence electrons. The van der Waals surface area contributed by atoms with Crippen molar-refractivity contribution in [2.45, 2.75) is 32.7 Å². The highest BCUT2D eigenvalue weighted by Crippen LogP contribution is 2.28. The van der Waals surface area contributed by atoms with Crippen molar-refractivity contribution in [3.05, 3.63) is 54.1 Å². The maximum absolute atomic E-state index is 12.3. The third kappa shape index (κ3) is 4.37. The number of nitrogens with zero attached hydrogens (tertiary/aromatic N) is 2. The third-order valence-corrected chi connectivity index (χ3v) is 4.50. The van der Waals surface area contributed by atoms with Crippen molar-refractivity contribution < 1.29 is 14.3 Å². The summed E-state index contributed by atoms with van der Waals surface area (Å²) in [5.74, 6) is 0.461. The van der Waals surface area contributed by atoms with Gasteiger partial charge in [-0.1, -0.05) is 57.2 Å². The van der Waals surface area contributed by atoms with E-state index in [2.05, 4.69) is 45.0 Å². The van der Waals surface area contributed by atoms with E-state index in [1.165, 1.54) is 5.56 Å². The topological polar surface area (TPSA) is 53.4 Å². The fraction of sp³-hybridized carbons (Fsp3) is 0.364. The zero-order valence-corrected chi connectivity index (χ0v) is 16.4. The molecule has 0 N–H and O–H groups in total.